The summed E-state index contributed by atoms with van der Waals surface area (Å²) < 4.78 is 10.8. The molecule has 6 heteroatoms. The molecule has 0 spiro atoms. The number of aliphatic hydroxyl groups excluding tert-OH is 2. The van der Waals surface area contributed by atoms with Gasteiger partial charge in [-0.05, 0) is 122 Å². The Morgan fingerprint density at radius 3 is 2.71 bits per heavy atom. The van der Waals surface area contributed by atoms with Crippen molar-refractivity contribution in [3.05, 3.63) is 34.5 Å². The smallest absolute Gasteiger partial charge is 0.346 e. The third kappa shape index (κ3) is 4.04. The maximum absolute atomic E-state index is 12.6. The number of ether oxygens (including phenoxy) is 1. The molecule has 1 aromatic carbocycles. The molecule has 1 heterocycles. The third-order valence-electron chi connectivity index (χ3n) is 12.2. The molecule has 0 radical (unpaired) electrons. The second-order valence-electron chi connectivity index (χ2n) is 13.7. The molecule has 1 unspecified atom stereocenters. The van der Waals surface area contributed by atoms with Crippen molar-refractivity contribution in [2.24, 2.45) is 46.3 Å². The van der Waals surface area contributed by atoms with Gasteiger partial charge in [0.1, 0.15) is 5.75 Å². The predicted octanol–water partition coefficient (Wildman–Crippen LogP) is 5.76. The van der Waals surface area contributed by atoms with Gasteiger partial charge in [0, 0.05) is 6.42 Å². The molecule has 0 bridgehead atoms. The Bertz CT molecular complexity index is 1240. The lowest BCUT2D eigenvalue weighted by atomic mass is 9.43. The molecule has 1 aromatic heterocycles. The van der Waals surface area contributed by atoms with E-state index < -0.39 is 0 Å². The van der Waals surface area contributed by atoms with E-state index >= 15 is 0 Å². The van der Waals surface area contributed by atoms with Gasteiger partial charge in [-0.3, -0.25) is 0 Å². The van der Waals surface area contributed by atoms with Gasteiger partial charge < -0.3 is 19.4 Å². The summed E-state index contributed by atoms with van der Waals surface area (Å²) in [5, 5.41) is 22.6. The van der Waals surface area contributed by atoms with Crippen molar-refractivity contribution >= 4 is 10.9 Å². The van der Waals surface area contributed by atoms with Gasteiger partial charge in [-0.15, -0.1) is 0 Å². The van der Waals surface area contributed by atoms with Crippen molar-refractivity contribution in [1.82, 2.24) is 4.98 Å². The fourth-order valence-electron chi connectivity index (χ4n) is 10.0. The second kappa shape index (κ2) is 9.62. The van der Waals surface area contributed by atoms with Gasteiger partial charge in [-0.1, -0.05) is 20.8 Å². The Kier molecular flexibility index (Phi) is 6.66. The molecule has 4 saturated carbocycles. The minimum atomic E-state index is -0.363. The number of aromatic nitrogens is 1. The lowest BCUT2D eigenvalue weighted by Crippen LogP contribution is -2.58. The molecule has 4 aliphatic carbocycles. The number of nitrogens with zero attached hydrogens (tertiary/aromatic N) is 1. The van der Waals surface area contributed by atoms with Gasteiger partial charge >= 0.3 is 5.63 Å². The second-order valence-corrected chi connectivity index (χ2v) is 13.7. The molecule has 4 aliphatic rings. The van der Waals surface area contributed by atoms with Crippen molar-refractivity contribution in [3.8, 4) is 5.75 Å². The van der Waals surface area contributed by atoms with Crippen LogP contribution in [0.25, 0.3) is 10.9 Å². The van der Waals surface area contributed by atoms with Crippen LogP contribution in [-0.4, -0.2) is 34.5 Å². The van der Waals surface area contributed by atoms with Crippen LogP contribution in [0.15, 0.2) is 27.4 Å². The van der Waals surface area contributed by atoms with Crippen LogP contribution >= 0.6 is 0 Å². The molecule has 10 atom stereocenters. The SMILES string of the molecule is COc1ccc2nc(CC[C@@H](C)[C@H]3CC[C@H]4[C@@H]5CC[C@@H]6C[C@H](O)CC[C@]6(C)C5C[C@H](O)[C@]34C)oc(=O)c2c1. The Morgan fingerprint density at radius 2 is 1.92 bits per heavy atom. The Hall–Kier alpha value is -1.92. The van der Waals surface area contributed by atoms with Crippen LogP contribution in [0, 0.1) is 46.3 Å². The van der Waals surface area contributed by atoms with Crippen LogP contribution in [0.2, 0.25) is 0 Å². The number of rotatable bonds is 5. The van der Waals surface area contributed by atoms with Crippen LogP contribution in [0.3, 0.4) is 0 Å². The number of methoxy groups -OCH3 is 1. The summed E-state index contributed by atoms with van der Waals surface area (Å²) in [6.45, 7) is 7.18. The summed E-state index contributed by atoms with van der Waals surface area (Å²) in [6, 6.07) is 5.32. The number of fused-ring (bicyclic) bond motifs is 6. The molecule has 6 nitrogen and oxygen atoms in total. The first kappa shape index (κ1) is 26.3. The van der Waals surface area contributed by atoms with E-state index in [1.165, 1.54) is 19.3 Å². The Morgan fingerprint density at radius 1 is 1.11 bits per heavy atom. The molecule has 38 heavy (non-hydrogen) atoms. The van der Waals surface area contributed by atoms with E-state index in [4.69, 9.17) is 9.15 Å². The minimum Gasteiger partial charge on any atom is -0.497 e. The number of hydrogen-bond donors (Lipinski definition) is 2. The van der Waals surface area contributed by atoms with Crippen LogP contribution in [0.1, 0.15) is 84.4 Å². The largest absolute Gasteiger partial charge is 0.497 e. The third-order valence-corrected chi connectivity index (χ3v) is 12.2. The molecular formula is C32H45NO5. The van der Waals surface area contributed by atoms with E-state index in [-0.39, 0.29) is 28.7 Å². The summed E-state index contributed by atoms with van der Waals surface area (Å²) in [5.41, 5.74) is 0.479. The standard InChI is InChI=1S/C32H45NO5/c1-18(5-12-29-33-27-11-7-21(37-4)16-23(27)30(36)38-29)24-9-10-25-22-8-6-19-15-20(34)13-14-31(19,2)26(22)17-28(35)32(24,25)3/h7,11,16,18-20,22,24-26,28,34-35H,5-6,8-10,12-15,17H2,1-4H3/t18-,19-,20-,22+,24-,25+,26?,28+,31+,32-/m1/s1. The summed E-state index contributed by atoms with van der Waals surface area (Å²) in [5.74, 6) is 4.42. The highest BCUT2D eigenvalue weighted by atomic mass is 16.5. The first-order chi connectivity index (χ1) is 18.1. The zero-order chi connectivity index (χ0) is 26.8. The highest BCUT2D eigenvalue weighted by Crippen LogP contribution is 2.68. The number of aryl methyl sites for hydroxylation is 1. The van der Waals surface area contributed by atoms with Crippen LogP contribution in [0.5, 0.6) is 5.75 Å². The van der Waals surface area contributed by atoms with E-state index in [1.807, 2.05) is 12.1 Å². The highest BCUT2D eigenvalue weighted by Gasteiger charge is 2.63. The molecule has 208 valence electrons. The zero-order valence-corrected chi connectivity index (χ0v) is 23.5. The van der Waals surface area contributed by atoms with Crippen LogP contribution < -0.4 is 10.4 Å². The molecular weight excluding hydrogens is 478 g/mol. The molecule has 2 N–H and O–H groups in total. The van der Waals surface area contributed by atoms with E-state index in [1.54, 1.807) is 13.2 Å². The van der Waals surface area contributed by atoms with Crippen molar-refractivity contribution in [2.75, 3.05) is 7.11 Å². The number of aliphatic hydroxyl groups is 2. The fourth-order valence-corrected chi connectivity index (χ4v) is 10.0. The lowest BCUT2D eigenvalue weighted by Gasteiger charge is -2.62. The molecule has 0 aliphatic heterocycles. The summed E-state index contributed by atoms with van der Waals surface area (Å²) >= 11 is 0. The van der Waals surface area contributed by atoms with Crippen LogP contribution in [0.4, 0.5) is 0 Å². The monoisotopic (exact) mass is 523 g/mol. The van der Waals surface area contributed by atoms with E-state index in [9.17, 15) is 15.0 Å². The van der Waals surface area contributed by atoms with Crippen molar-refractivity contribution in [2.45, 2.75) is 97.2 Å². The molecule has 6 rings (SSSR count). The molecule has 0 amide bonds. The lowest BCUT2D eigenvalue weighted by molar-refractivity contribution is -0.174. The summed E-state index contributed by atoms with van der Waals surface area (Å²) in [4.78, 5) is 17.3. The topological polar surface area (TPSA) is 92.8 Å². The fraction of sp³-hybridized carbons (Fsp3) is 0.750. The van der Waals surface area contributed by atoms with E-state index in [2.05, 4.69) is 25.8 Å². The maximum atomic E-state index is 12.6. The maximum Gasteiger partial charge on any atom is 0.346 e. The van der Waals surface area contributed by atoms with Gasteiger partial charge in [-0.2, -0.15) is 0 Å². The first-order valence-corrected chi connectivity index (χ1v) is 15.0. The number of benzene rings is 1. The first-order valence-electron chi connectivity index (χ1n) is 15.0. The molecule has 4 fully saturated rings. The Labute approximate surface area is 226 Å². The van der Waals surface area contributed by atoms with Crippen molar-refractivity contribution in [1.29, 1.82) is 0 Å². The van der Waals surface area contributed by atoms with Gasteiger partial charge in [-0.25, -0.2) is 9.78 Å². The summed E-state index contributed by atoms with van der Waals surface area (Å²) in [6.07, 6.45) is 9.84. The number of hydrogen-bond acceptors (Lipinski definition) is 6. The quantitative estimate of drug-likeness (QED) is 0.518. The van der Waals surface area contributed by atoms with Crippen LogP contribution in [-0.2, 0) is 6.42 Å². The van der Waals surface area contributed by atoms with E-state index in [0.29, 0.717) is 64.5 Å². The normalized spacial score (nSPS) is 41.3. The van der Waals surface area contributed by atoms with Gasteiger partial charge in [0.25, 0.3) is 0 Å². The summed E-state index contributed by atoms with van der Waals surface area (Å²) in [7, 11) is 1.58. The van der Waals surface area contributed by atoms with Gasteiger partial charge in [0.2, 0.25) is 0 Å². The molecule has 0 saturated heterocycles. The minimum absolute atomic E-state index is 0.0633. The Balaban J connectivity index is 1.18. The molecule has 2 aromatic rings. The highest BCUT2D eigenvalue weighted by molar-refractivity contribution is 5.78. The predicted molar refractivity (Wildman–Crippen MR) is 147 cm³/mol. The van der Waals surface area contributed by atoms with Crippen molar-refractivity contribution < 1.29 is 19.4 Å². The van der Waals surface area contributed by atoms with E-state index in [0.717, 1.165) is 38.5 Å². The van der Waals surface area contributed by atoms with Gasteiger partial charge in [0.15, 0.2) is 5.89 Å². The zero-order valence-electron chi connectivity index (χ0n) is 23.5. The van der Waals surface area contributed by atoms with Crippen molar-refractivity contribution in [3.63, 3.8) is 0 Å². The average Bonchev–Trinajstić information content (AvgIpc) is 3.27. The van der Waals surface area contributed by atoms with Gasteiger partial charge in [0.05, 0.1) is 30.2 Å². The average molecular weight is 524 g/mol.